The number of hydrogen-bond donors (Lipinski definition) is 0. The molecule has 0 saturated heterocycles. The zero-order valence-electron chi connectivity index (χ0n) is 9.94. The fourth-order valence-electron chi connectivity index (χ4n) is 1.46. The van der Waals surface area contributed by atoms with Gasteiger partial charge in [-0.3, -0.25) is 0 Å². The lowest BCUT2D eigenvalue weighted by molar-refractivity contribution is 0.0490. The van der Waals surface area contributed by atoms with Gasteiger partial charge in [0.25, 0.3) is 0 Å². The third-order valence-corrected chi connectivity index (χ3v) is 2.23. The molecule has 0 unspecified atom stereocenters. The standard InChI is InChI=1S/C12H13NO4/c1-4-15-12(14)10-8(3)13-11(17-10)9-5-7(2)16-6-9/h5-6H,4H2,1-3H3. The summed E-state index contributed by atoms with van der Waals surface area (Å²) in [7, 11) is 0. The summed E-state index contributed by atoms with van der Waals surface area (Å²) in [6.07, 6.45) is 1.54. The van der Waals surface area contributed by atoms with E-state index in [0.29, 0.717) is 23.8 Å². The number of furan rings is 1. The van der Waals surface area contributed by atoms with E-state index >= 15 is 0 Å². The fraction of sp³-hybridized carbons (Fsp3) is 0.333. The van der Waals surface area contributed by atoms with Crippen molar-refractivity contribution in [1.29, 1.82) is 0 Å². The Morgan fingerprint density at radius 3 is 2.82 bits per heavy atom. The van der Waals surface area contributed by atoms with Crippen molar-refractivity contribution in [2.45, 2.75) is 20.8 Å². The molecule has 90 valence electrons. The Balaban J connectivity index is 2.33. The lowest BCUT2D eigenvalue weighted by Crippen LogP contribution is -2.04. The molecule has 0 aliphatic rings. The average Bonchev–Trinajstić information content (AvgIpc) is 2.85. The minimum absolute atomic E-state index is 0.140. The summed E-state index contributed by atoms with van der Waals surface area (Å²) < 4.78 is 15.4. The van der Waals surface area contributed by atoms with Crippen LogP contribution in [0.3, 0.4) is 0 Å². The van der Waals surface area contributed by atoms with E-state index in [-0.39, 0.29) is 5.76 Å². The number of esters is 1. The van der Waals surface area contributed by atoms with E-state index in [1.54, 1.807) is 19.9 Å². The van der Waals surface area contributed by atoms with Gasteiger partial charge in [0, 0.05) is 0 Å². The number of carbonyl (C=O) groups excluding carboxylic acids is 1. The van der Waals surface area contributed by atoms with E-state index in [2.05, 4.69) is 4.98 Å². The maximum absolute atomic E-state index is 11.5. The number of carbonyl (C=O) groups is 1. The predicted octanol–water partition coefficient (Wildman–Crippen LogP) is 2.73. The lowest BCUT2D eigenvalue weighted by atomic mass is 10.3. The highest BCUT2D eigenvalue weighted by Crippen LogP contribution is 2.24. The SMILES string of the molecule is CCOC(=O)c1oc(-c2coc(C)c2)nc1C. The van der Waals surface area contributed by atoms with Crippen molar-refractivity contribution in [2.24, 2.45) is 0 Å². The molecule has 0 atom stereocenters. The largest absolute Gasteiger partial charge is 0.469 e. The number of oxazole rings is 1. The van der Waals surface area contributed by atoms with Crippen LogP contribution in [0.5, 0.6) is 0 Å². The summed E-state index contributed by atoms with van der Waals surface area (Å²) in [5.41, 5.74) is 1.22. The lowest BCUT2D eigenvalue weighted by Gasteiger charge is -1.96. The zero-order chi connectivity index (χ0) is 12.4. The van der Waals surface area contributed by atoms with Crippen LogP contribution in [-0.2, 0) is 4.74 Å². The quantitative estimate of drug-likeness (QED) is 0.765. The smallest absolute Gasteiger partial charge is 0.376 e. The van der Waals surface area contributed by atoms with Crippen LogP contribution in [0.4, 0.5) is 0 Å². The summed E-state index contributed by atoms with van der Waals surface area (Å²) in [5.74, 6) is 0.764. The maximum Gasteiger partial charge on any atom is 0.376 e. The maximum atomic E-state index is 11.5. The van der Waals surface area contributed by atoms with Gasteiger partial charge in [0.15, 0.2) is 0 Å². The van der Waals surface area contributed by atoms with Crippen molar-refractivity contribution in [3.05, 3.63) is 29.5 Å². The molecular formula is C12H13NO4. The molecule has 0 aliphatic heterocycles. The molecule has 0 amide bonds. The summed E-state index contributed by atoms with van der Waals surface area (Å²) in [4.78, 5) is 15.7. The van der Waals surface area contributed by atoms with E-state index in [1.807, 2.05) is 6.92 Å². The Bertz CT molecular complexity index is 538. The molecule has 0 fully saturated rings. The molecule has 2 aromatic heterocycles. The zero-order valence-corrected chi connectivity index (χ0v) is 9.94. The van der Waals surface area contributed by atoms with Crippen LogP contribution >= 0.6 is 0 Å². The van der Waals surface area contributed by atoms with Crippen LogP contribution in [0.1, 0.15) is 28.9 Å². The summed E-state index contributed by atoms with van der Waals surface area (Å²) in [6, 6.07) is 1.79. The van der Waals surface area contributed by atoms with E-state index in [1.165, 1.54) is 6.26 Å². The molecule has 0 bridgehead atoms. The second-order valence-corrected chi connectivity index (χ2v) is 3.60. The molecule has 0 spiro atoms. The number of aromatic nitrogens is 1. The monoisotopic (exact) mass is 235 g/mol. The average molecular weight is 235 g/mol. The summed E-state index contributed by atoms with van der Waals surface area (Å²) in [6.45, 7) is 5.57. The van der Waals surface area contributed by atoms with Gasteiger partial charge in [0.2, 0.25) is 11.7 Å². The Labute approximate surface area is 98.4 Å². The first-order chi connectivity index (χ1) is 8.11. The van der Waals surface area contributed by atoms with Crippen molar-refractivity contribution in [1.82, 2.24) is 4.98 Å². The van der Waals surface area contributed by atoms with Gasteiger partial charge in [-0.25, -0.2) is 9.78 Å². The number of hydrogen-bond acceptors (Lipinski definition) is 5. The van der Waals surface area contributed by atoms with Gasteiger partial charge in [-0.2, -0.15) is 0 Å². The van der Waals surface area contributed by atoms with Crippen molar-refractivity contribution in [3.8, 4) is 11.5 Å². The highest BCUT2D eigenvalue weighted by Gasteiger charge is 2.19. The summed E-state index contributed by atoms with van der Waals surface area (Å²) in [5, 5.41) is 0. The number of rotatable bonds is 3. The van der Waals surface area contributed by atoms with Crippen molar-refractivity contribution >= 4 is 5.97 Å². The topological polar surface area (TPSA) is 65.5 Å². The number of aryl methyl sites for hydroxylation is 2. The third kappa shape index (κ3) is 2.22. The second kappa shape index (κ2) is 4.45. The normalized spacial score (nSPS) is 10.5. The van der Waals surface area contributed by atoms with Crippen LogP contribution in [0.2, 0.25) is 0 Å². The first-order valence-electron chi connectivity index (χ1n) is 5.32. The Kier molecular flexibility index (Phi) is 2.99. The van der Waals surface area contributed by atoms with Gasteiger partial charge in [-0.1, -0.05) is 0 Å². The van der Waals surface area contributed by atoms with Crippen molar-refractivity contribution in [2.75, 3.05) is 6.61 Å². The van der Waals surface area contributed by atoms with Crippen molar-refractivity contribution in [3.63, 3.8) is 0 Å². The van der Waals surface area contributed by atoms with Crippen LogP contribution < -0.4 is 0 Å². The molecule has 0 saturated carbocycles. The van der Waals surface area contributed by atoms with E-state index < -0.39 is 5.97 Å². The van der Waals surface area contributed by atoms with Gasteiger partial charge in [-0.15, -0.1) is 0 Å². The first-order valence-corrected chi connectivity index (χ1v) is 5.32. The molecule has 2 aromatic rings. The molecule has 2 heterocycles. The molecular weight excluding hydrogens is 222 g/mol. The van der Waals surface area contributed by atoms with Gasteiger partial charge in [0.05, 0.1) is 17.9 Å². The van der Waals surface area contributed by atoms with E-state index in [9.17, 15) is 4.79 Å². The molecule has 5 heteroatoms. The van der Waals surface area contributed by atoms with Crippen LogP contribution in [0.15, 0.2) is 21.2 Å². The van der Waals surface area contributed by atoms with Gasteiger partial charge in [0.1, 0.15) is 12.0 Å². The molecule has 2 rings (SSSR count). The molecule has 17 heavy (non-hydrogen) atoms. The Morgan fingerprint density at radius 2 is 2.24 bits per heavy atom. The third-order valence-electron chi connectivity index (χ3n) is 2.23. The van der Waals surface area contributed by atoms with E-state index in [4.69, 9.17) is 13.6 Å². The fourth-order valence-corrected chi connectivity index (χ4v) is 1.46. The minimum atomic E-state index is -0.496. The molecule has 5 nitrogen and oxygen atoms in total. The molecule has 0 aliphatic carbocycles. The molecule has 0 N–H and O–H groups in total. The Morgan fingerprint density at radius 1 is 1.47 bits per heavy atom. The minimum Gasteiger partial charge on any atom is -0.469 e. The molecule has 0 aromatic carbocycles. The Hall–Kier alpha value is -2.04. The van der Waals surface area contributed by atoms with Crippen LogP contribution in [0, 0.1) is 13.8 Å². The number of nitrogens with zero attached hydrogens (tertiary/aromatic N) is 1. The van der Waals surface area contributed by atoms with Gasteiger partial charge < -0.3 is 13.6 Å². The number of ether oxygens (including phenoxy) is 1. The highest BCUT2D eigenvalue weighted by molar-refractivity contribution is 5.87. The van der Waals surface area contributed by atoms with Crippen LogP contribution in [0.25, 0.3) is 11.5 Å². The summed E-state index contributed by atoms with van der Waals surface area (Å²) >= 11 is 0. The van der Waals surface area contributed by atoms with Crippen molar-refractivity contribution < 1.29 is 18.4 Å². The van der Waals surface area contributed by atoms with Crippen LogP contribution in [-0.4, -0.2) is 17.6 Å². The van der Waals surface area contributed by atoms with Gasteiger partial charge in [-0.05, 0) is 26.8 Å². The second-order valence-electron chi connectivity index (χ2n) is 3.60. The first kappa shape index (κ1) is 11.4. The predicted molar refractivity (Wildman–Crippen MR) is 59.6 cm³/mol. The van der Waals surface area contributed by atoms with E-state index in [0.717, 1.165) is 5.76 Å². The highest BCUT2D eigenvalue weighted by atomic mass is 16.5. The van der Waals surface area contributed by atoms with Gasteiger partial charge >= 0.3 is 5.97 Å². The molecule has 0 radical (unpaired) electrons.